The van der Waals surface area contributed by atoms with Crippen molar-refractivity contribution in [2.75, 3.05) is 19.5 Å². The van der Waals surface area contributed by atoms with E-state index in [1.165, 1.54) is 12.3 Å². The third-order valence-electron chi connectivity index (χ3n) is 5.52. The Morgan fingerprint density at radius 2 is 1.53 bits per heavy atom. The molecule has 0 radical (unpaired) electrons. The topological polar surface area (TPSA) is 85.4 Å². The molecule has 3 rings (SSSR count). The lowest BCUT2D eigenvalue weighted by Gasteiger charge is -2.18. The monoisotopic (exact) mass is 484 g/mol. The molecule has 0 aliphatic rings. The second kappa shape index (κ2) is 14.3. The number of nitrogens with two attached hydrogens (primary N) is 1. The van der Waals surface area contributed by atoms with Gasteiger partial charge in [0.2, 0.25) is 0 Å². The van der Waals surface area contributed by atoms with E-state index >= 15 is 0 Å². The van der Waals surface area contributed by atoms with E-state index in [1.807, 2.05) is 68.4 Å². The molecule has 0 atom stereocenters. The van der Waals surface area contributed by atoms with Crippen LogP contribution in [-0.4, -0.2) is 25.9 Å². The van der Waals surface area contributed by atoms with Crippen LogP contribution in [0.3, 0.4) is 0 Å². The molecule has 0 aliphatic heterocycles. The number of anilines is 1. The first kappa shape index (κ1) is 28.1. The Balaban J connectivity index is 0.00000222. The van der Waals surface area contributed by atoms with E-state index in [4.69, 9.17) is 20.6 Å². The van der Waals surface area contributed by atoms with Gasteiger partial charge in [-0.3, -0.25) is 0 Å². The van der Waals surface area contributed by atoms with Crippen LogP contribution in [0.25, 0.3) is 17.2 Å². The van der Waals surface area contributed by atoms with E-state index in [-0.39, 0.29) is 5.97 Å². The highest BCUT2D eigenvalue weighted by atomic mass is 16.5. The second-order valence-corrected chi connectivity index (χ2v) is 7.63. The molecular formula is C31H36N2O3. The van der Waals surface area contributed by atoms with E-state index in [2.05, 4.69) is 19.1 Å². The summed E-state index contributed by atoms with van der Waals surface area (Å²) < 4.78 is 10.3. The number of carbonyl (C=O) groups excluding carboxylic acids is 1. The second-order valence-electron chi connectivity index (χ2n) is 7.63. The number of hydrogen-bond donors (Lipinski definition) is 2. The number of esters is 1. The first-order valence-electron chi connectivity index (χ1n) is 12.2. The number of methoxy groups -OCH3 is 1. The molecule has 0 unspecified atom stereocenters. The maximum absolute atomic E-state index is 11.6. The lowest BCUT2D eigenvalue weighted by atomic mass is 9.87. The van der Waals surface area contributed by atoms with Gasteiger partial charge < -0.3 is 20.6 Å². The van der Waals surface area contributed by atoms with E-state index in [0.29, 0.717) is 17.9 Å². The Kier molecular flexibility index (Phi) is 11.2. The van der Waals surface area contributed by atoms with Gasteiger partial charge in [-0.25, -0.2) is 4.79 Å². The highest BCUT2D eigenvalue weighted by Gasteiger charge is 2.14. The molecule has 0 amide bonds. The van der Waals surface area contributed by atoms with Crippen molar-refractivity contribution in [1.82, 2.24) is 0 Å². The average Bonchev–Trinajstić information content (AvgIpc) is 2.93. The van der Waals surface area contributed by atoms with Gasteiger partial charge in [-0.15, -0.1) is 0 Å². The summed E-state index contributed by atoms with van der Waals surface area (Å²) in [5.41, 5.74) is 13.5. The van der Waals surface area contributed by atoms with Crippen molar-refractivity contribution in [3.05, 3.63) is 101 Å². The van der Waals surface area contributed by atoms with Crippen LogP contribution in [-0.2, 0) is 9.53 Å². The minimum atomic E-state index is -0.360. The van der Waals surface area contributed by atoms with Gasteiger partial charge in [0.25, 0.3) is 0 Å². The average molecular weight is 485 g/mol. The molecule has 36 heavy (non-hydrogen) atoms. The fraction of sp³-hybridized carbons (Fsp3) is 0.226. The fourth-order valence-electron chi connectivity index (χ4n) is 3.80. The van der Waals surface area contributed by atoms with E-state index in [9.17, 15) is 4.79 Å². The minimum Gasteiger partial charge on any atom is -0.497 e. The molecule has 5 nitrogen and oxygen atoms in total. The summed E-state index contributed by atoms with van der Waals surface area (Å²) in [5.74, 6) is 0.443. The summed E-state index contributed by atoms with van der Waals surface area (Å²) in [6.45, 7) is 8.26. The Morgan fingerprint density at radius 3 is 2.08 bits per heavy atom. The number of carbonyl (C=O) groups is 1. The van der Waals surface area contributed by atoms with Crippen molar-refractivity contribution < 1.29 is 14.3 Å². The van der Waals surface area contributed by atoms with Crippen LogP contribution in [0, 0.1) is 5.41 Å². The maximum atomic E-state index is 11.6. The van der Waals surface area contributed by atoms with Gasteiger partial charge in [-0.2, -0.15) is 0 Å². The van der Waals surface area contributed by atoms with Gasteiger partial charge in [-0.1, -0.05) is 63.2 Å². The number of rotatable bonds is 9. The smallest absolute Gasteiger partial charge is 0.330 e. The molecule has 0 bridgehead atoms. The molecule has 188 valence electrons. The number of allylic oxidation sites excluding steroid dienone is 1. The predicted molar refractivity (Wildman–Crippen MR) is 151 cm³/mol. The van der Waals surface area contributed by atoms with Crippen LogP contribution in [0.2, 0.25) is 0 Å². The van der Waals surface area contributed by atoms with Gasteiger partial charge in [0.05, 0.1) is 13.7 Å². The van der Waals surface area contributed by atoms with Gasteiger partial charge in [-0.05, 0) is 77.1 Å². The SMILES string of the molecule is CC.CCOC(=O)/C=C/c1ccc(/C(=C(/CC)c2ccc(OC)cc2)c2ccc(N)c(C=N)c2)cc1. The Labute approximate surface area is 214 Å². The van der Waals surface area contributed by atoms with Crippen molar-refractivity contribution in [3.8, 4) is 5.75 Å². The van der Waals surface area contributed by atoms with Crippen molar-refractivity contribution in [3.63, 3.8) is 0 Å². The lowest BCUT2D eigenvalue weighted by molar-refractivity contribution is -0.137. The van der Waals surface area contributed by atoms with E-state index < -0.39 is 0 Å². The molecular weight excluding hydrogens is 448 g/mol. The van der Waals surface area contributed by atoms with Crippen molar-refractivity contribution in [2.45, 2.75) is 34.1 Å². The summed E-state index contributed by atoms with van der Waals surface area (Å²) in [5, 5.41) is 7.75. The normalized spacial score (nSPS) is 11.2. The van der Waals surface area contributed by atoms with Crippen LogP contribution in [0.4, 0.5) is 5.69 Å². The van der Waals surface area contributed by atoms with E-state index in [1.54, 1.807) is 20.1 Å². The number of hydrogen-bond acceptors (Lipinski definition) is 5. The van der Waals surface area contributed by atoms with Gasteiger partial charge in [0, 0.05) is 23.5 Å². The van der Waals surface area contributed by atoms with Crippen molar-refractivity contribution in [1.29, 1.82) is 5.41 Å². The quantitative estimate of drug-likeness (QED) is 0.110. The predicted octanol–water partition coefficient (Wildman–Crippen LogP) is 7.25. The first-order chi connectivity index (χ1) is 17.5. The molecule has 0 spiro atoms. The van der Waals surface area contributed by atoms with Crippen LogP contribution >= 0.6 is 0 Å². The zero-order valence-electron chi connectivity index (χ0n) is 21.8. The molecule has 0 fully saturated rings. The van der Waals surface area contributed by atoms with Gasteiger partial charge in [0.15, 0.2) is 0 Å². The summed E-state index contributed by atoms with van der Waals surface area (Å²) in [7, 11) is 1.65. The lowest BCUT2D eigenvalue weighted by Crippen LogP contribution is -1.99. The van der Waals surface area contributed by atoms with Crippen LogP contribution in [0.5, 0.6) is 5.75 Å². The molecule has 0 saturated heterocycles. The fourth-order valence-corrected chi connectivity index (χ4v) is 3.80. The third kappa shape index (κ3) is 7.19. The maximum Gasteiger partial charge on any atom is 0.330 e. The molecule has 0 aromatic heterocycles. The Bertz CT molecular complexity index is 1210. The zero-order chi connectivity index (χ0) is 26.5. The summed E-state index contributed by atoms with van der Waals surface area (Å²) in [6.07, 6.45) is 5.25. The molecule has 0 heterocycles. The molecule has 0 saturated carbocycles. The minimum absolute atomic E-state index is 0.348. The van der Waals surface area contributed by atoms with Crippen LogP contribution < -0.4 is 10.5 Å². The molecule has 3 aromatic carbocycles. The number of nitrogen functional groups attached to an aromatic ring is 1. The number of ether oxygens (including phenoxy) is 2. The highest BCUT2D eigenvalue weighted by molar-refractivity contribution is 6.00. The Morgan fingerprint density at radius 1 is 0.917 bits per heavy atom. The summed E-state index contributed by atoms with van der Waals surface area (Å²) in [6, 6.07) is 21.8. The van der Waals surface area contributed by atoms with Crippen molar-refractivity contribution >= 4 is 35.1 Å². The number of nitrogens with one attached hydrogen (secondary N) is 1. The molecule has 0 aliphatic carbocycles. The van der Waals surface area contributed by atoms with Gasteiger partial charge >= 0.3 is 5.97 Å². The zero-order valence-corrected chi connectivity index (χ0v) is 21.8. The molecule has 3 N–H and O–H groups in total. The first-order valence-corrected chi connectivity index (χ1v) is 12.2. The Hall–Kier alpha value is -4.12. The molecule has 3 aromatic rings. The standard InChI is InChI=1S/C29H30N2O3.C2H6/c1-4-26(21-11-14-25(33-3)15-12-21)29(23-13-16-27(31)24(18-23)19-30)22-9-6-20(7-10-22)8-17-28(32)34-5-2;1-2/h6-19,30H,4-5,31H2,1-3H3;1-2H3/b17-8+,29-26+,30-19?;. The van der Waals surface area contributed by atoms with Crippen LogP contribution in [0.1, 0.15) is 61.9 Å². The number of benzene rings is 3. The van der Waals surface area contributed by atoms with Crippen molar-refractivity contribution in [2.24, 2.45) is 0 Å². The molecule has 5 heteroatoms. The third-order valence-corrected chi connectivity index (χ3v) is 5.52. The highest BCUT2D eigenvalue weighted by Crippen LogP contribution is 2.36. The summed E-state index contributed by atoms with van der Waals surface area (Å²) in [4.78, 5) is 11.6. The summed E-state index contributed by atoms with van der Waals surface area (Å²) >= 11 is 0. The van der Waals surface area contributed by atoms with Gasteiger partial charge in [0.1, 0.15) is 5.75 Å². The largest absolute Gasteiger partial charge is 0.497 e. The van der Waals surface area contributed by atoms with E-state index in [0.717, 1.165) is 45.6 Å². The van der Waals surface area contributed by atoms with Crippen LogP contribution in [0.15, 0.2) is 72.8 Å².